The minimum atomic E-state index is -0.285. The third-order valence-corrected chi connectivity index (χ3v) is 3.16. The van der Waals surface area contributed by atoms with Gasteiger partial charge in [0.15, 0.2) is 12.0 Å². The lowest BCUT2D eigenvalue weighted by Gasteiger charge is -2.07. The number of ether oxygens (including phenoxy) is 1. The van der Waals surface area contributed by atoms with Crippen LogP contribution in [-0.2, 0) is 6.61 Å². The Bertz CT molecular complexity index is 792. The predicted octanol–water partition coefficient (Wildman–Crippen LogP) is 4.48. The van der Waals surface area contributed by atoms with Crippen molar-refractivity contribution in [3.05, 3.63) is 77.8 Å². The second-order valence-corrected chi connectivity index (χ2v) is 4.77. The predicted molar refractivity (Wildman–Crippen MR) is 80.3 cm³/mol. The molecule has 0 spiro atoms. The maximum Gasteiger partial charge on any atom is 0.185 e. The first-order valence-electron chi connectivity index (χ1n) is 6.77. The van der Waals surface area contributed by atoms with Gasteiger partial charge in [0.25, 0.3) is 0 Å². The molecule has 0 saturated carbocycles. The van der Waals surface area contributed by atoms with E-state index in [-0.39, 0.29) is 18.2 Å². The van der Waals surface area contributed by atoms with E-state index < -0.39 is 0 Å². The van der Waals surface area contributed by atoms with Crippen molar-refractivity contribution < 1.29 is 18.3 Å². The number of halogens is 1. The maximum atomic E-state index is 13.1. The average Bonchev–Trinajstić information content (AvgIpc) is 3.02. The Kier molecular flexibility index (Phi) is 4.01. The molecule has 110 valence electrons. The Balaban J connectivity index is 1.75. The first-order chi connectivity index (χ1) is 10.7. The second kappa shape index (κ2) is 6.26. The van der Waals surface area contributed by atoms with E-state index in [1.54, 1.807) is 24.3 Å². The largest absolute Gasteiger partial charge is 0.489 e. The van der Waals surface area contributed by atoms with E-state index in [1.165, 1.54) is 12.1 Å². The lowest BCUT2D eigenvalue weighted by Crippen LogP contribution is -1.95. The highest BCUT2D eigenvalue weighted by molar-refractivity contribution is 5.73. The zero-order chi connectivity index (χ0) is 15.4. The minimum absolute atomic E-state index is 0.277. The van der Waals surface area contributed by atoms with E-state index in [9.17, 15) is 9.18 Å². The molecule has 0 aliphatic heterocycles. The Morgan fingerprint density at radius 1 is 1.05 bits per heavy atom. The highest BCUT2D eigenvalue weighted by Crippen LogP contribution is 2.25. The van der Waals surface area contributed by atoms with E-state index in [0.717, 1.165) is 11.1 Å². The molecule has 2 aromatic carbocycles. The molecule has 0 radical (unpaired) electrons. The van der Waals surface area contributed by atoms with Crippen LogP contribution < -0.4 is 4.74 Å². The van der Waals surface area contributed by atoms with Gasteiger partial charge in [0.2, 0.25) is 0 Å². The number of benzene rings is 2. The average molecular weight is 296 g/mol. The van der Waals surface area contributed by atoms with Crippen LogP contribution in [0.5, 0.6) is 5.75 Å². The third-order valence-electron chi connectivity index (χ3n) is 3.16. The van der Waals surface area contributed by atoms with Crippen molar-refractivity contribution in [2.45, 2.75) is 6.61 Å². The second-order valence-electron chi connectivity index (χ2n) is 4.77. The lowest BCUT2D eigenvalue weighted by molar-refractivity contribution is 0.110. The Morgan fingerprint density at radius 3 is 2.68 bits per heavy atom. The first kappa shape index (κ1) is 14.1. The van der Waals surface area contributed by atoms with Crippen molar-refractivity contribution >= 4 is 6.29 Å². The topological polar surface area (TPSA) is 39.4 Å². The smallest absolute Gasteiger partial charge is 0.185 e. The van der Waals surface area contributed by atoms with Crippen LogP contribution >= 0.6 is 0 Å². The molecule has 0 bridgehead atoms. The highest BCUT2D eigenvalue weighted by Gasteiger charge is 2.06. The van der Waals surface area contributed by atoms with E-state index in [0.29, 0.717) is 17.8 Å². The standard InChI is InChI=1S/C18H13FO3/c19-15-5-1-3-13(9-15)12-21-16-6-2-4-14(10-16)18-8-7-17(11-20)22-18/h1-11H,12H2. The van der Waals surface area contributed by atoms with Crippen LogP contribution in [-0.4, -0.2) is 6.29 Å². The molecule has 1 heterocycles. The zero-order valence-corrected chi connectivity index (χ0v) is 11.7. The van der Waals surface area contributed by atoms with Crippen molar-refractivity contribution in [1.82, 2.24) is 0 Å². The van der Waals surface area contributed by atoms with Gasteiger partial charge in [-0.3, -0.25) is 4.79 Å². The summed E-state index contributed by atoms with van der Waals surface area (Å²) in [6.07, 6.45) is 0.661. The number of hydrogen-bond acceptors (Lipinski definition) is 3. The number of carbonyl (C=O) groups excluding carboxylic acids is 1. The van der Waals surface area contributed by atoms with Crippen LogP contribution in [0, 0.1) is 5.82 Å². The molecule has 22 heavy (non-hydrogen) atoms. The fourth-order valence-electron chi connectivity index (χ4n) is 2.10. The van der Waals surface area contributed by atoms with Crippen molar-refractivity contribution in [2.24, 2.45) is 0 Å². The van der Waals surface area contributed by atoms with Gasteiger partial charge in [-0.05, 0) is 42.0 Å². The normalized spacial score (nSPS) is 10.4. The van der Waals surface area contributed by atoms with Gasteiger partial charge in [0.05, 0.1) is 0 Å². The van der Waals surface area contributed by atoms with Gasteiger partial charge in [-0.1, -0.05) is 24.3 Å². The van der Waals surface area contributed by atoms with Gasteiger partial charge in [0, 0.05) is 5.56 Å². The molecule has 0 atom stereocenters. The van der Waals surface area contributed by atoms with Crippen LogP contribution in [0.1, 0.15) is 16.1 Å². The summed E-state index contributed by atoms with van der Waals surface area (Å²) in [6, 6.07) is 16.9. The molecule has 0 aliphatic carbocycles. The van der Waals surface area contributed by atoms with E-state index in [4.69, 9.17) is 9.15 Å². The summed E-state index contributed by atoms with van der Waals surface area (Å²) >= 11 is 0. The summed E-state index contributed by atoms with van der Waals surface area (Å²) in [6.45, 7) is 0.277. The molecule has 3 aromatic rings. The third kappa shape index (κ3) is 3.23. The number of aldehydes is 1. The molecular formula is C18H13FO3. The summed E-state index contributed by atoms with van der Waals surface area (Å²) in [4.78, 5) is 10.7. The summed E-state index contributed by atoms with van der Waals surface area (Å²) in [5, 5.41) is 0. The molecule has 0 fully saturated rings. The van der Waals surface area contributed by atoms with Gasteiger partial charge in [-0.15, -0.1) is 0 Å². The fourth-order valence-corrected chi connectivity index (χ4v) is 2.10. The first-order valence-corrected chi connectivity index (χ1v) is 6.77. The Morgan fingerprint density at radius 2 is 1.91 bits per heavy atom. The molecule has 4 heteroatoms. The number of furan rings is 1. The van der Waals surface area contributed by atoms with Crippen molar-refractivity contribution in [3.63, 3.8) is 0 Å². The van der Waals surface area contributed by atoms with Crippen LogP contribution in [0.3, 0.4) is 0 Å². The van der Waals surface area contributed by atoms with Gasteiger partial charge in [-0.25, -0.2) is 4.39 Å². The number of rotatable bonds is 5. The summed E-state index contributed by atoms with van der Waals surface area (Å²) < 4.78 is 24.2. The van der Waals surface area contributed by atoms with Gasteiger partial charge >= 0.3 is 0 Å². The molecule has 3 nitrogen and oxygen atoms in total. The van der Waals surface area contributed by atoms with Gasteiger partial charge in [0.1, 0.15) is 23.9 Å². The number of hydrogen-bond donors (Lipinski definition) is 0. The molecule has 0 amide bonds. The van der Waals surface area contributed by atoms with Crippen molar-refractivity contribution in [2.75, 3.05) is 0 Å². The molecule has 0 unspecified atom stereocenters. The minimum Gasteiger partial charge on any atom is -0.489 e. The Hall–Kier alpha value is -2.88. The highest BCUT2D eigenvalue weighted by atomic mass is 19.1. The molecule has 0 aliphatic rings. The SMILES string of the molecule is O=Cc1ccc(-c2cccc(OCc3cccc(F)c3)c2)o1. The molecule has 1 aromatic heterocycles. The summed E-state index contributed by atoms with van der Waals surface area (Å²) in [5.41, 5.74) is 1.57. The van der Waals surface area contributed by atoms with Gasteiger partial charge in [-0.2, -0.15) is 0 Å². The zero-order valence-electron chi connectivity index (χ0n) is 11.7. The monoisotopic (exact) mass is 296 g/mol. The summed E-state index contributed by atoms with van der Waals surface area (Å²) in [5.74, 6) is 1.23. The van der Waals surface area contributed by atoms with E-state index >= 15 is 0 Å². The fraction of sp³-hybridized carbons (Fsp3) is 0.0556. The van der Waals surface area contributed by atoms with Crippen molar-refractivity contribution in [1.29, 1.82) is 0 Å². The molecule has 0 saturated heterocycles. The number of carbonyl (C=O) groups is 1. The molecule has 3 rings (SSSR count). The lowest BCUT2D eigenvalue weighted by atomic mass is 10.1. The van der Waals surface area contributed by atoms with Crippen LogP contribution in [0.4, 0.5) is 4.39 Å². The van der Waals surface area contributed by atoms with Gasteiger partial charge < -0.3 is 9.15 Å². The van der Waals surface area contributed by atoms with Crippen LogP contribution in [0.2, 0.25) is 0 Å². The molecular weight excluding hydrogens is 283 g/mol. The van der Waals surface area contributed by atoms with E-state index in [1.807, 2.05) is 24.3 Å². The molecule has 0 N–H and O–H groups in total. The Labute approximate surface area is 127 Å². The van der Waals surface area contributed by atoms with Crippen LogP contribution in [0.15, 0.2) is 65.1 Å². The summed E-state index contributed by atoms with van der Waals surface area (Å²) in [7, 11) is 0. The van der Waals surface area contributed by atoms with E-state index in [2.05, 4.69) is 0 Å². The maximum absolute atomic E-state index is 13.1. The van der Waals surface area contributed by atoms with Crippen molar-refractivity contribution in [3.8, 4) is 17.1 Å². The quantitative estimate of drug-likeness (QED) is 0.652. The van der Waals surface area contributed by atoms with Crippen LogP contribution in [0.25, 0.3) is 11.3 Å².